The Kier molecular flexibility index (Phi) is 4.92. The number of benzene rings is 3. The average Bonchev–Trinajstić information content (AvgIpc) is 2.98. The molecule has 3 aromatic carbocycles. The molecule has 154 valence electrons. The maximum atomic E-state index is 12.9. The van der Waals surface area contributed by atoms with E-state index in [1.54, 1.807) is 6.07 Å². The highest BCUT2D eigenvalue weighted by Crippen LogP contribution is 2.33. The van der Waals surface area contributed by atoms with Gasteiger partial charge in [-0.25, -0.2) is 4.90 Å². The van der Waals surface area contributed by atoms with Crippen LogP contribution in [0.5, 0.6) is 17.2 Å². The van der Waals surface area contributed by atoms with Gasteiger partial charge in [0, 0.05) is 19.1 Å². The summed E-state index contributed by atoms with van der Waals surface area (Å²) in [6.45, 7) is 1.27. The lowest BCUT2D eigenvalue weighted by Crippen LogP contribution is -2.29. The summed E-state index contributed by atoms with van der Waals surface area (Å²) in [6, 6.07) is 16.0. The molecule has 4 rings (SSSR count). The summed E-state index contributed by atoms with van der Waals surface area (Å²) in [5.41, 5.74) is 0.663. The minimum absolute atomic E-state index is 0.0718. The Labute approximate surface area is 175 Å². The fourth-order valence-electron chi connectivity index (χ4n) is 3.12. The highest BCUT2D eigenvalue weighted by atomic mass is 16.6. The normalized spacial score (nSPS) is 12.5. The number of hydrogen-bond donors (Lipinski definition) is 0. The monoisotopic (exact) mass is 418 g/mol. The molecule has 0 aromatic heterocycles. The van der Waals surface area contributed by atoms with E-state index in [1.165, 1.54) is 67.6 Å². The minimum atomic E-state index is -0.519. The van der Waals surface area contributed by atoms with Gasteiger partial charge in [-0.15, -0.1) is 0 Å². The Morgan fingerprint density at radius 3 is 2.03 bits per heavy atom. The summed E-state index contributed by atoms with van der Waals surface area (Å²) in [5.74, 6) is -0.529. The number of carbonyl (C=O) groups is 3. The van der Waals surface area contributed by atoms with E-state index >= 15 is 0 Å². The number of amides is 2. The lowest BCUT2D eigenvalue weighted by molar-refractivity contribution is -0.384. The Balaban J connectivity index is 1.57. The maximum absolute atomic E-state index is 12.9. The number of nitrogens with zero attached hydrogens (tertiary/aromatic N) is 2. The first kappa shape index (κ1) is 19.8. The van der Waals surface area contributed by atoms with Gasteiger partial charge in [0.15, 0.2) is 0 Å². The van der Waals surface area contributed by atoms with Crippen LogP contribution in [0.3, 0.4) is 0 Å². The first-order valence-corrected chi connectivity index (χ1v) is 9.07. The summed E-state index contributed by atoms with van der Waals surface area (Å²) < 4.78 is 10.6. The first-order chi connectivity index (χ1) is 14.8. The molecule has 9 nitrogen and oxygen atoms in total. The minimum Gasteiger partial charge on any atom is -0.457 e. The van der Waals surface area contributed by atoms with Crippen molar-refractivity contribution >= 4 is 29.2 Å². The van der Waals surface area contributed by atoms with E-state index in [0.717, 1.165) is 4.90 Å². The van der Waals surface area contributed by atoms with Crippen molar-refractivity contribution in [2.75, 3.05) is 4.90 Å². The molecule has 31 heavy (non-hydrogen) atoms. The topological polar surface area (TPSA) is 116 Å². The fourth-order valence-corrected chi connectivity index (χ4v) is 3.12. The molecule has 1 aliphatic rings. The third-order valence-electron chi connectivity index (χ3n) is 4.50. The number of ether oxygens (including phenoxy) is 2. The molecule has 0 N–H and O–H groups in total. The van der Waals surface area contributed by atoms with Crippen LogP contribution < -0.4 is 14.4 Å². The smallest absolute Gasteiger partial charge is 0.308 e. The fraction of sp³-hybridized carbons (Fsp3) is 0.0455. The standard InChI is InChI=1S/C22H14N2O7/c1-13(25)30-16-6-2-14(3-7-16)23-21(26)19-11-10-18(12-20(19)22(23)27)31-17-8-4-15(5-9-17)24(28)29/h2-12H,1H3. The van der Waals surface area contributed by atoms with Crippen molar-refractivity contribution in [1.29, 1.82) is 0 Å². The van der Waals surface area contributed by atoms with E-state index in [9.17, 15) is 24.5 Å². The van der Waals surface area contributed by atoms with Crippen molar-refractivity contribution in [2.24, 2.45) is 0 Å². The molecule has 9 heteroatoms. The van der Waals surface area contributed by atoms with Crippen LogP contribution in [0, 0.1) is 10.1 Å². The van der Waals surface area contributed by atoms with Crippen LogP contribution in [0.1, 0.15) is 27.6 Å². The molecule has 0 unspecified atom stereocenters. The molecule has 3 aromatic rings. The third-order valence-corrected chi connectivity index (χ3v) is 4.50. The molecule has 0 spiro atoms. The molecule has 0 fully saturated rings. The number of esters is 1. The van der Waals surface area contributed by atoms with Gasteiger partial charge in [0.25, 0.3) is 17.5 Å². The van der Waals surface area contributed by atoms with E-state index in [2.05, 4.69) is 0 Å². The number of non-ortho nitro benzene ring substituents is 1. The number of nitro benzene ring substituents is 1. The molecule has 0 saturated heterocycles. The largest absolute Gasteiger partial charge is 0.457 e. The predicted molar refractivity (Wildman–Crippen MR) is 109 cm³/mol. The molecular weight excluding hydrogens is 404 g/mol. The summed E-state index contributed by atoms with van der Waals surface area (Å²) in [6.07, 6.45) is 0. The highest BCUT2D eigenvalue weighted by molar-refractivity contribution is 6.34. The van der Waals surface area contributed by atoms with Crippen molar-refractivity contribution in [3.8, 4) is 17.2 Å². The van der Waals surface area contributed by atoms with Crippen LogP contribution in [0.2, 0.25) is 0 Å². The first-order valence-electron chi connectivity index (χ1n) is 9.07. The van der Waals surface area contributed by atoms with Gasteiger partial charge in [-0.1, -0.05) is 0 Å². The van der Waals surface area contributed by atoms with Crippen LogP contribution in [-0.4, -0.2) is 22.7 Å². The number of rotatable bonds is 5. The van der Waals surface area contributed by atoms with Gasteiger partial charge in [-0.3, -0.25) is 24.5 Å². The van der Waals surface area contributed by atoms with Gasteiger partial charge in [-0.05, 0) is 54.6 Å². The zero-order valence-electron chi connectivity index (χ0n) is 16.1. The lowest BCUT2D eigenvalue weighted by atomic mass is 10.1. The van der Waals surface area contributed by atoms with E-state index < -0.39 is 22.7 Å². The van der Waals surface area contributed by atoms with E-state index in [-0.39, 0.29) is 16.8 Å². The van der Waals surface area contributed by atoms with Crippen LogP contribution in [0.15, 0.2) is 66.7 Å². The highest BCUT2D eigenvalue weighted by Gasteiger charge is 2.37. The summed E-state index contributed by atoms with van der Waals surface area (Å²) in [4.78, 5) is 47.9. The molecular formula is C22H14N2O7. The second-order valence-electron chi connectivity index (χ2n) is 6.59. The number of fused-ring (bicyclic) bond motifs is 1. The molecule has 0 bridgehead atoms. The van der Waals surface area contributed by atoms with Crippen molar-refractivity contribution in [1.82, 2.24) is 0 Å². The number of imide groups is 1. The molecule has 0 radical (unpaired) electrons. The zero-order valence-corrected chi connectivity index (χ0v) is 16.1. The average molecular weight is 418 g/mol. The Bertz CT molecular complexity index is 1220. The Morgan fingerprint density at radius 1 is 0.839 bits per heavy atom. The van der Waals surface area contributed by atoms with Gasteiger partial charge in [0.2, 0.25) is 0 Å². The van der Waals surface area contributed by atoms with Gasteiger partial charge in [-0.2, -0.15) is 0 Å². The van der Waals surface area contributed by atoms with Crippen molar-refractivity contribution < 1.29 is 28.8 Å². The number of carbonyl (C=O) groups excluding carboxylic acids is 3. The Morgan fingerprint density at radius 2 is 1.42 bits per heavy atom. The molecule has 0 saturated carbocycles. The summed E-state index contributed by atoms with van der Waals surface area (Å²) in [7, 11) is 0. The molecule has 0 aliphatic carbocycles. The van der Waals surface area contributed by atoms with E-state index in [0.29, 0.717) is 22.9 Å². The van der Waals surface area contributed by atoms with Crippen LogP contribution in [0.25, 0.3) is 0 Å². The maximum Gasteiger partial charge on any atom is 0.308 e. The molecule has 1 aliphatic heterocycles. The van der Waals surface area contributed by atoms with Gasteiger partial charge in [0.05, 0.1) is 21.7 Å². The summed E-state index contributed by atoms with van der Waals surface area (Å²) >= 11 is 0. The van der Waals surface area contributed by atoms with Crippen LogP contribution in [0.4, 0.5) is 11.4 Å². The van der Waals surface area contributed by atoms with Crippen molar-refractivity contribution in [2.45, 2.75) is 6.92 Å². The lowest BCUT2D eigenvalue weighted by Gasteiger charge is -2.14. The number of anilines is 1. The quantitative estimate of drug-likeness (QED) is 0.201. The van der Waals surface area contributed by atoms with Crippen LogP contribution in [-0.2, 0) is 4.79 Å². The number of hydrogen-bond acceptors (Lipinski definition) is 7. The van der Waals surface area contributed by atoms with Gasteiger partial charge < -0.3 is 9.47 Å². The second kappa shape index (κ2) is 7.71. The summed E-state index contributed by atoms with van der Waals surface area (Å²) in [5, 5.41) is 10.7. The van der Waals surface area contributed by atoms with E-state index in [1.807, 2.05) is 0 Å². The molecule has 1 heterocycles. The SMILES string of the molecule is CC(=O)Oc1ccc(N2C(=O)c3ccc(Oc4ccc([N+](=O)[O-])cc4)cc3C2=O)cc1. The van der Waals surface area contributed by atoms with Crippen molar-refractivity contribution in [3.05, 3.63) is 88.0 Å². The zero-order chi connectivity index (χ0) is 22.1. The van der Waals surface area contributed by atoms with Crippen LogP contribution >= 0.6 is 0 Å². The van der Waals surface area contributed by atoms with Crippen molar-refractivity contribution in [3.63, 3.8) is 0 Å². The third kappa shape index (κ3) is 3.84. The molecule has 0 atom stereocenters. The number of nitro groups is 1. The molecule has 2 amide bonds. The second-order valence-corrected chi connectivity index (χ2v) is 6.59. The van der Waals surface area contributed by atoms with E-state index in [4.69, 9.17) is 9.47 Å². The van der Waals surface area contributed by atoms with Gasteiger partial charge >= 0.3 is 5.97 Å². The van der Waals surface area contributed by atoms with Gasteiger partial charge in [0.1, 0.15) is 17.2 Å². The Hall–Kier alpha value is -4.53. The predicted octanol–water partition coefficient (Wildman–Crippen LogP) is 4.11.